The number of benzene rings is 1. The van der Waals surface area contributed by atoms with Gasteiger partial charge in [-0.1, -0.05) is 35.7 Å². The number of rotatable bonds is 2. The molecule has 6 heteroatoms. The first-order valence-corrected chi connectivity index (χ1v) is 9.05. The summed E-state index contributed by atoms with van der Waals surface area (Å²) < 4.78 is 11.0. The summed E-state index contributed by atoms with van der Waals surface area (Å²) in [5.74, 6) is 1.48. The van der Waals surface area contributed by atoms with E-state index in [-0.39, 0.29) is 11.9 Å². The molecule has 6 nitrogen and oxygen atoms in total. The summed E-state index contributed by atoms with van der Waals surface area (Å²) in [5.41, 5.74) is 2.41. The predicted molar refractivity (Wildman–Crippen MR) is 91.1 cm³/mol. The van der Waals surface area contributed by atoms with Gasteiger partial charge >= 0.3 is 0 Å². The van der Waals surface area contributed by atoms with Crippen molar-refractivity contribution in [3.8, 4) is 5.75 Å². The molecule has 0 radical (unpaired) electrons. The van der Waals surface area contributed by atoms with Gasteiger partial charge in [-0.2, -0.15) is 4.98 Å². The van der Waals surface area contributed by atoms with E-state index < -0.39 is 6.10 Å². The lowest BCUT2D eigenvalue weighted by molar-refractivity contribution is -0.142. The molecule has 0 aliphatic carbocycles. The zero-order chi connectivity index (χ0) is 17.2. The van der Waals surface area contributed by atoms with Crippen LogP contribution in [0.1, 0.15) is 55.1 Å². The number of aryl methyl sites for hydroxylation is 2. The zero-order valence-electron chi connectivity index (χ0n) is 14.5. The summed E-state index contributed by atoms with van der Waals surface area (Å²) in [6.45, 7) is 2.79. The number of fused-ring (bicyclic) bond motifs is 1. The molecule has 0 saturated carbocycles. The minimum atomic E-state index is -0.428. The van der Waals surface area contributed by atoms with Crippen LogP contribution in [0.4, 0.5) is 0 Å². The van der Waals surface area contributed by atoms with Gasteiger partial charge in [-0.15, -0.1) is 0 Å². The molecule has 1 saturated heterocycles. The lowest BCUT2D eigenvalue weighted by Crippen LogP contribution is -2.45. The number of carbonyl (C=O) groups excluding carboxylic acids is 1. The normalized spacial score (nSPS) is 23.5. The summed E-state index contributed by atoms with van der Waals surface area (Å²) in [7, 11) is 0. The summed E-state index contributed by atoms with van der Waals surface area (Å²) >= 11 is 0. The minimum absolute atomic E-state index is 0.0444. The fourth-order valence-corrected chi connectivity index (χ4v) is 3.84. The number of aromatic nitrogens is 2. The van der Waals surface area contributed by atoms with Gasteiger partial charge in [-0.25, -0.2) is 0 Å². The van der Waals surface area contributed by atoms with Crippen LogP contribution in [0.5, 0.6) is 5.75 Å². The monoisotopic (exact) mass is 341 g/mol. The predicted octanol–water partition coefficient (Wildman–Crippen LogP) is 3.22. The number of hydrogen-bond donors (Lipinski definition) is 0. The Hall–Kier alpha value is -2.37. The molecule has 0 N–H and O–H groups in total. The maximum absolute atomic E-state index is 13.2. The molecule has 132 valence electrons. The molecule has 0 unspecified atom stereocenters. The van der Waals surface area contributed by atoms with Crippen LogP contribution in [0.3, 0.4) is 0 Å². The quantitative estimate of drug-likeness (QED) is 0.839. The Morgan fingerprint density at radius 2 is 2.16 bits per heavy atom. The second kappa shape index (κ2) is 6.86. The number of carbonyl (C=O) groups is 1. The molecule has 0 spiro atoms. The van der Waals surface area contributed by atoms with Crippen LogP contribution in [0.15, 0.2) is 29.1 Å². The van der Waals surface area contributed by atoms with Crippen molar-refractivity contribution >= 4 is 5.91 Å². The first-order valence-electron chi connectivity index (χ1n) is 9.05. The Balaban J connectivity index is 1.55. The Morgan fingerprint density at radius 3 is 3.00 bits per heavy atom. The fourth-order valence-electron chi connectivity index (χ4n) is 3.84. The van der Waals surface area contributed by atoms with Gasteiger partial charge in [-0.05, 0) is 44.2 Å². The summed E-state index contributed by atoms with van der Waals surface area (Å²) in [5, 5.41) is 3.98. The van der Waals surface area contributed by atoms with E-state index in [0.717, 1.165) is 44.4 Å². The molecule has 2 aliphatic heterocycles. The third-order valence-electron chi connectivity index (χ3n) is 5.15. The molecule has 0 bridgehead atoms. The van der Waals surface area contributed by atoms with Crippen molar-refractivity contribution in [2.24, 2.45) is 0 Å². The van der Waals surface area contributed by atoms with Crippen LogP contribution in [0.2, 0.25) is 0 Å². The Kier molecular flexibility index (Phi) is 4.42. The van der Waals surface area contributed by atoms with Crippen LogP contribution >= 0.6 is 0 Å². The van der Waals surface area contributed by atoms with Crippen LogP contribution < -0.4 is 4.74 Å². The van der Waals surface area contributed by atoms with E-state index in [1.165, 1.54) is 17.5 Å². The minimum Gasteiger partial charge on any atom is -0.480 e. The number of hydrogen-bond acceptors (Lipinski definition) is 5. The average molecular weight is 341 g/mol. The van der Waals surface area contributed by atoms with Gasteiger partial charge in [0.25, 0.3) is 5.91 Å². The third-order valence-corrected chi connectivity index (χ3v) is 5.15. The zero-order valence-corrected chi connectivity index (χ0v) is 14.5. The first kappa shape index (κ1) is 16.1. The van der Waals surface area contributed by atoms with Gasteiger partial charge in [0.1, 0.15) is 5.75 Å². The largest absolute Gasteiger partial charge is 0.480 e. The van der Waals surface area contributed by atoms with Crippen molar-refractivity contribution < 1.29 is 14.1 Å². The molecule has 1 fully saturated rings. The highest BCUT2D eigenvalue weighted by Gasteiger charge is 2.36. The van der Waals surface area contributed by atoms with Gasteiger partial charge in [0.2, 0.25) is 6.39 Å². The topological polar surface area (TPSA) is 68.5 Å². The standard InChI is InChI=1S/C19H23N3O3/c1-13-6-8-16-14(11-13)7-9-17(25-16)19(23)22-10-4-2-3-5-15(22)18-20-12-24-21-18/h6,8,11-12,15,17H,2-5,7,9-10H2,1H3/t15-,17-/m0/s1. The van der Waals surface area contributed by atoms with Crippen LogP contribution in [-0.4, -0.2) is 33.6 Å². The highest BCUT2D eigenvalue weighted by Crippen LogP contribution is 2.33. The molecular weight excluding hydrogens is 318 g/mol. The summed E-state index contributed by atoms with van der Waals surface area (Å²) in [4.78, 5) is 19.3. The maximum Gasteiger partial charge on any atom is 0.264 e. The van der Waals surface area contributed by atoms with E-state index in [2.05, 4.69) is 23.1 Å². The van der Waals surface area contributed by atoms with Crippen molar-refractivity contribution in [2.75, 3.05) is 6.54 Å². The van der Waals surface area contributed by atoms with Gasteiger partial charge in [0.15, 0.2) is 11.9 Å². The van der Waals surface area contributed by atoms with E-state index in [1.807, 2.05) is 17.0 Å². The molecular formula is C19H23N3O3. The van der Waals surface area contributed by atoms with Crippen molar-refractivity contribution in [1.82, 2.24) is 15.0 Å². The SMILES string of the molecule is Cc1ccc2c(c1)CC[C@@H](C(=O)N1CCCCC[C@H]1c1ncon1)O2. The molecule has 2 atom stereocenters. The highest BCUT2D eigenvalue weighted by atomic mass is 16.5. The van der Waals surface area contributed by atoms with E-state index in [0.29, 0.717) is 12.2 Å². The molecule has 1 amide bonds. The van der Waals surface area contributed by atoms with E-state index in [9.17, 15) is 4.79 Å². The van der Waals surface area contributed by atoms with Gasteiger partial charge in [0, 0.05) is 6.54 Å². The Labute approximate surface area is 147 Å². The average Bonchev–Trinajstić information content (AvgIpc) is 3.05. The lowest BCUT2D eigenvalue weighted by Gasteiger charge is -2.33. The number of ether oxygens (including phenoxy) is 1. The van der Waals surface area contributed by atoms with Crippen molar-refractivity contribution in [3.63, 3.8) is 0 Å². The fraction of sp³-hybridized carbons (Fsp3) is 0.526. The van der Waals surface area contributed by atoms with Crippen LogP contribution in [0.25, 0.3) is 0 Å². The lowest BCUT2D eigenvalue weighted by atomic mass is 9.99. The van der Waals surface area contributed by atoms with Crippen LogP contribution in [-0.2, 0) is 11.2 Å². The van der Waals surface area contributed by atoms with Crippen molar-refractivity contribution in [1.29, 1.82) is 0 Å². The molecule has 4 rings (SSSR count). The van der Waals surface area contributed by atoms with Gasteiger partial charge < -0.3 is 14.2 Å². The third kappa shape index (κ3) is 3.25. The molecule has 25 heavy (non-hydrogen) atoms. The highest BCUT2D eigenvalue weighted by molar-refractivity contribution is 5.82. The van der Waals surface area contributed by atoms with Crippen molar-refractivity contribution in [3.05, 3.63) is 41.5 Å². The molecule has 1 aromatic heterocycles. The second-order valence-electron chi connectivity index (χ2n) is 6.94. The van der Waals surface area contributed by atoms with Crippen LogP contribution in [0, 0.1) is 6.92 Å². The van der Waals surface area contributed by atoms with Gasteiger partial charge in [0.05, 0.1) is 6.04 Å². The molecule has 1 aromatic carbocycles. The first-order chi connectivity index (χ1) is 12.2. The number of amides is 1. The van der Waals surface area contributed by atoms with E-state index in [1.54, 1.807) is 0 Å². The smallest absolute Gasteiger partial charge is 0.264 e. The second-order valence-corrected chi connectivity index (χ2v) is 6.94. The van der Waals surface area contributed by atoms with Crippen molar-refractivity contribution in [2.45, 2.75) is 57.6 Å². The summed E-state index contributed by atoms with van der Waals surface area (Å²) in [6.07, 6.45) is 6.54. The van der Waals surface area contributed by atoms with E-state index >= 15 is 0 Å². The Bertz CT molecular complexity index is 744. The molecule has 2 aromatic rings. The summed E-state index contributed by atoms with van der Waals surface area (Å²) in [6, 6.07) is 6.03. The molecule has 2 aliphatic rings. The number of likely N-dealkylation sites (tertiary alicyclic amines) is 1. The van der Waals surface area contributed by atoms with E-state index in [4.69, 9.17) is 9.26 Å². The number of nitrogens with zero attached hydrogens (tertiary/aromatic N) is 3. The Morgan fingerprint density at radius 1 is 1.24 bits per heavy atom. The molecule has 3 heterocycles. The maximum atomic E-state index is 13.2. The van der Waals surface area contributed by atoms with Gasteiger partial charge in [-0.3, -0.25) is 4.79 Å².